The molecule has 0 radical (unpaired) electrons. The van der Waals surface area contributed by atoms with Crippen molar-refractivity contribution in [1.82, 2.24) is 10.2 Å². The standard InChI is InChI=1S/C20H34N4O2/c1-5-21-20(22-15-16(2)24(3)18-10-11-18)23-17-8-6-9-19(14-17)26-13-7-12-25-4/h6,8-9,14,16,18H,5,7,10-13,15H2,1-4H3,(H2,21,22,23). The summed E-state index contributed by atoms with van der Waals surface area (Å²) in [5, 5.41) is 6.69. The highest BCUT2D eigenvalue weighted by atomic mass is 16.5. The molecule has 2 rings (SSSR count). The van der Waals surface area contributed by atoms with Crippen LogP contribution >= 0.6 is 0 Å². The molecule has 0 aliphatic heterocycles. The van der Waals surface area contributed by atoms with Crippen LogP contribution in [-0.2, 0) is 4.74 Å². The average molecular weight is 363 g/mol. The molecule has 1 atom stereocenters. The van der Waals surface area contributed by atoms with Gasteiger partial charge in [0.1, 0.15) is 5.75 Å². The Bertz CT molecular complexity index is 560. The molecule has 1 aromatic carbocycles. The summed E-state index contributed by atoms with van der Waals surface area (Å²) >= 11 is 0. The molecule has 1 aliphatic rings. The van der Waals surface area contributed by atoms with Crippen LogP contribution in [0, 0.1) is 0 Å². The molecule has 1 saturated carbocycles. The van der Waals surface area contributed by atoms with Crippen molar-refractivity contribution in [3.8, 4) is 5.75 Å². The first-order chi connectivity index (χ1) is 12.6. The largest absolute Gasteiger partial charge is 0.493 e. The number of ether oxygens (including phenoxy) is 2. The predicted molar refractivity (Wildman–Crippen MR) is 108 cm³/mol. The van der Waals surface area contributed by atoms with E-state index in [9.17, 15) is 0 Å². The number of rotatable bonds is 11. The van der Waals surface area contributed by atoms with Crippen molar-refractivity contribution in [3.63, 3.8) is 0 Å². The number of aliphatic imine (C=N–C) groups is 1. The molecule has 0 bridgehead atoms. The highest BCUT2D eigenvalue weighted by Crippen LogP contribution is 2.26. The Morgan fingerprint density at radius 3 is 2.85 bits per heavy atom. The van der Waals surface area contributed by atoms with Crippen LogP contribution in [0.4, 0.5) is 5.69 Å². The first kappa shape index (κ1) is 20.5. The maximum absolute atomic E-state index is 5.77. The van der Waals surface area contributed by atoms with Crippen LogP contribution in [0.3, 0.4) is 0 Å². The molecule has 0 heterocycles. The Kier molecular flexibility index (Phi) is 8.71. The highest BCUT2D eigenvalue weighted by molar-refractivity contribution is 5.93. The zero-order valence-corrected chi connectivity index (χ0v) is 16.6. The molecule has 1 aliphatic carbocycles. The Morgan fingerprint density at radius 1 is 1.35 bits per heavy atom. The summed E-state index contributed by atoms with van der Waals surface area (Å²) in [6.45, 7) is 7.27. The van der Waals surface area contributed by atoms with Crippen molar-refractivity contribution in [1.29, 1.82) is 0 Å². The van der Waals surface area contributed by atoms with E-state index in [-0.39, 0.29) is 0 Å². The second kappa shape index (κ2) is 11.0. The van der Waals surface area contributed by atoms with Gasteiger partial charge >= 0.3 is 0 Å². The van der Waals surface area contributed by atoms with Gasteiger partial charge in [-0.25, -0.2) is 0 Å². The molecule has 1 aromatic rings. The SMILES string of the molecule is CCNC(=NCC(C)N(C)C1CC1)Nc1cccc(OCCCOC)c1. The third-order valence-corrected chi connectivity index (χ3v) is 4.53. The number of likely N-dealkylation sites (N-methyl/N-ethyl adjacent to an activating group) is 1. The summed E-state index contributed by atoms with van der Waals surface area (Å²) in [6, 6.07) is 9.17. The zero-order valence-electron chi connectivity index (χ0n) is 16.6. The van der Waals surface area contributed by atoms with Gasteiger partial charge in [-0.15, -0.1) is 0 Å². The summed E-state index contributed by atoms with van der Waals surface area (Å²) in [7, 11) is 3.90. The van der Waals surface area contributed by atoms with Crippen LogP contribution in [0.2, 0.25) is 0 Å². The molecule has 6 nitrogen and oxygen atoms in total. The molecule has 0 saturated heterocycles. The lowest BCUT2D eigenvalue weighted by Crippen LogP contribution is -2.36. The van der Waals surface area contributed by atoms with E-state index in [2.05, 4.69) is 36.4 Å². The molecular formula is C20H34N4O2. The fourth-order valence-electron chi connectivity index (χ4n) is 2.69. The van der Waals surface area contributed by atoms with Gasteiger partial charge in [0.25, 0.3) is 0 Å². The van der Waals surface area contributed by atoms with Gasteiger partial charge in [0, 0.05) is 50.5 Å². The van der Waals surface area contributed by atoms with E-state index in [1.165, 1.54) is 12.8 Å². The smallest absolute Gasteiger partial charge is 0.195 e. The summed E-state index contributed by atoms with van der Waals surface area (Å²) in [6.07, 6.45) is 3.52. The maximum atomic E-state index is 5.77. The quantitative estimate of drug-likeness (QED) is 0.360. The minimum Gasteiger partial charge on any atom is -0.493 e. The number of nitrogens with zero attached hydrogens (tertiary/aromatic N) is 2. The van der Waals surface area contributed by atoms with Crippen molar-refractivity contribution in [2.45, 2.75) is 45.2 Å². The van der Waals surface area contributed by atoms with E-state index in [0.29, 0.717) is 19.3 Å². The van der Waals surface area contributed by atoms with Crippen molar-refractivity contribution in [2.75, 3.05) is 45.8 Å². The molecule has 0 aromatic heterocycles. The molecule has 1 unspecified atom stereocenters. The van der Waals surface area contributed by atoms with Gasteiger partial charge in [0.2, 0.25) is 0 Å². The van der Waals surface area contributed by atoms with Crippen LogP contribution in [0.15, 0.2) is 29.3 Å². The first-order valence-electron chi connectivity index (χ1n) is 9.63. The lowest BCUT2D eigenvalue weighted by Gasteiger charge is -2.23. The van der Waals surface area contributed by atoms with Gasteiger partial charge < -0.3 is 20.1 Å². The van der Waals surface area contributed by atoms with Crippen molar-refractivity contribution in [2.24, 2.45) is 4.99 Å². The maximum Gasteiger partial charge on any atom is 0.195 e. The second-order valence-electron chi connectivity index (χ2n) is 6.81. The Morgan fingerprint density at radius 2 is 2.15 bits per heavy atom. The first-order valence-corrected chi connectivity index (χ1v) is 9.63. The van der Waals surface area contributed by atoms with E-state index < -0.39 is 0 Å². The van der Waals surface area contributed by atoms with Gasteiger partial charge in [-0.3, -0.25) is 9.89 Å². The number of nitrogens with one attached hydrogen (secondary N) is 2. The summed E-state index contributed by atoms with van der Waals surface area (Å²) in [4.78, 5) is 7.18. The Labute approximate surface area is 158 Å². The van der Waals surface area contributed by atoms with Gasteiger partial charge in [0.15, 0.2) is 5.96 Å². The number of hydrogen-bond acceptors (Lipinski definition) is 4. The van der Waals surface area contributed by atoms with Gasteiger partial charge in [-0.05, 0) is 45.9 Å². The number of methoxy groups -OCH3 is 1. The van der Waals surface area contributed by atoms with Crippen molar-refractivity contribution in [3.05, 3.63) is 24.3 Å². The van der Waals surface area contributed by atoms with Gasteiger partial charge in [0.05, 0.1) is 13.2 Å². The number of guanidine groups is 1. The van der Waals surface area contributed by atoms with E-state index in [0.717, 1.165) is 42.9 Å². The van der Waals surface area contributed by atoms with E-state index >= 15 is 0 Å². The third-order valence-electron chi connectivity index (χ3n) is 4.53. The van der Waals surface area contributed by atoms with E-state index in [1.807, 2.05) is 24.3 Å². The molecule has 1 fully saturated rings. The molecule has 0 spiro atoms. The molecule has 26 heavy (non-hydrogen) atoms. The highest BCUT2D eigenvalue weighted by Gasteiger charge is 2.28. The van der Waals surface area contributed by atoms with Crippen LogP contribution in [0.5, 0.6) is 5.75 Å². The lowest BCUT2D eigenvalue weighted by molar-refractivity contribution is 0.172. The van der Waals surface area contributed by atoms with Crippen LogP contribution in [-0.4, -0.2) is 63.4 Å². The normalized spacial score (nSPS) is 15.8. The third kappa shape index (κ3) is 7.22. The van der Waals surface area contributed by atoms with E-state index in [4.69, 9.17) is 14.5 Å². The fourth-order valence-corrected chi connectivity index (χ4v) is 2.69. The topological polar surface area (TPSA) is 58.1 Å². The molecule has 6 heteroatoms. The van der Waals surface area contributed by atoms with Crippen molar-refractivity contribution >= 4 is 11.6 Å². The number of benzene rings is 1. The van der Waals surface area contributed by atoms with Crippen molar-refractivity contribution < 1.29 is 9.47 Å². The lowest BCUT2D eigenvalue weighted by atomic mass is 10.3. The zero-order chi connectivity index (χ0) is 18.8. The van der Waals surface area contributed by atoms with Gasteiger partial charge in [-0.1, -0.05) is 6.07 Å². The fraction of sp³-hybridized carbons (Fsp3) is 0.650. The predicted octanol–water partition coefficient (Wildman–Crippen LogP) is 2.96. The summed E-state index contributed by atoms with van der Waals surface area (Å²) in [5.41, 5.74) is 0.970. The molecular weight excluding hydrogens is 328 g/mol. The summed E-state index contributed by atoms with van der Waals surface area (Å²) in [5.74, 6) is 1.66. The van der Waals surface area contributed by atoms with Crippen LogP contribution < -0.4 is 15.4 Å². The Balaban J connectivity index is 1.90. The molecule has 0 amide bonds. The molecule has 146 valence electrons. The number of anilines is 1. The summed E-state index contributed by atoms with van der Waals surface area (Å²) < 4.78 is 10.8. The average Bonchev–Trinajstić information content (AvgIpc) is 3.48. The minimum absolute atomic E-state index is 0.438. The Hall–Kier alpha value is -1.79. The van der Waals surface area contributed by atoms with Crippen LogP contribution in [0.25, 0.3) is 0 Å². The van der Waals surface area contributed by atoms with Gasteiger partial charge in [-0.2, -0.15) is 0 Å². The number of hydrogen-bond donors (Lipinski definition) is 2. The second-order valence-corrected chi connectivity index (χ2v) is 6.81. The monoisotopic (exact) mass is 362 g/mol. The van der Waals surface area contributed by atoms with Crippen LogP contribution in [0.1, 0.15) is 33.1 Å². The van der Waals surface area contributed by atoms with E-state index in [1.54, 1.807) is 7.11 Å². The minimum atomic E-state index is 0.438. The molecule has 2 N–H and O–H groups in total.